The van der Waals surface area contributed by atoms with Gasteiger partial charge in [-0.2, -0.15) is 9.78 Å². The van der Waals surface area contributed by atoms with Crippen LogP contribution in [0.2, 0.25) is 0 Å². The fraction of sp³-hybridized carbons (Fsp3) is 0.286. The molecule has 2 heterocycles. The molecule has 1 aliphatic carbocycles. The summed E-state index contributed by atoms with van der Waals surface area (Å²) in [4.78, 5) is 17.1. The van der Waals surface area contributed by atoms with Crippen molar-refractivity contribution < 1.29 is 4.74 Å². The van der Waals surface area contributed by atoms with Crippen molar-refractivity contribution in [2.75, 3.05) is 7.11 Å². The highest BCUT2D eigenvalue weighted by Crippen LogP contribution is 2.33. The van der Waals surface area contributed by atoms with Crippen molar-refractivity contribution in [3.8, 4) is 11.6 Å². The highest BCUT2D eigenvalue weighted by molar-refractivity contribution is 5.40. The van der Waals surface area contributed by atoms with E-state index in [0.29, 0.717) is 11.7 Å². The molecule has 26 heavy (non-hydrogen) atoms. The Morgan fingerprint density at radius 3 is 2.88 bits per heavy atom. The predicted molar refractivity (Wildman–Crippen MR) is 100 cm³/mol. The molecule has 4 rings (SSSR count). The number of hydrogen-bond acceptors (Lipinski definition) is 4. The molecule has 5 nitrogen and oxygen atoms in total. The van der Waals surface area contributed by atoms with Crippen LogP contribution in [0.3, 0.4) is 0 Å². The average molecular weight is 347 g/mol. The molecule has 5 heteroatoms. The smallest absolute Gasteiger partial charge is 0.276 e. The zero-order chi connectivity index (χ0) is 18.1. The lowest BCUT2D eigenvalue weighted by molar-refractivity contribution is 0.410. The van der Waals surface area contributed by atoms with Gasteiger partial charge in [-0.1, -0.05) is 18.2 Å². The van der Waals surface area contributed by atoms with E-state index in [1.165, 1.54) is 10.2 Å². The molecule has 0 spiro atoms. The third-order valence-corrected chi connectivity index (χ3v) is 5.15. The number of hydrogen-bond donors (Lipinski definition) is 0. The standard InChI is InChI=1S/C21H21N3O2/c1-14-6-7-16(12-19(14)26-2)15-8-9-18-17(11-15)13-23-24(21(18)25)20-5-3-4-10-22-20/h3-7,10,12-13,15H,8-9,11H2,1-2H3. The van der Waals surface area contributed by atoms with Gasteiger partial charge in [0.05, 0.1) is 13.3 Å². The second-order valence-corrected chi connectivity index (χ2v) is 6.72. The Bertz CT molecular complexity index is 996. The highest BCUT2D eigenvalue weighted by atomic mass is 16.5. The number of nitrogens with zero attached hydrogens (tertiary/aromatic N) is 3. The molecule has 0 N–H and O–H groups in total. The summed E-state index contributed by atoms with van der Waals surface area (Å²) < 4.78 is 6.85. The van der Waals surface area contributed by atoms with Crippen LogP contribution in [0.1, 0.15) is 34.6 Å². The van der Waals surface area contributed by atoms with Gasteiger partial charge in [-0.05, 0) is 67.0 Å². The average Bonchev–Trinajstić information content (AvgIpc) is 2.69. The van der Waals surface area contributed by atoms with E-state index in [1.807, 2.05) is 25.3 Å². The molecule has 1 aromatic carbocycles. The Hall–Kier alpha value is -2.95. The largest absolute Gasteiger partial charge is 0.496 e. The van der Waals surface area contributed by atoms with E-state index in [0.717, 1.165) is 41.7 Å². The molecule has 0 fully saturated rings. The second kappa shape index (κ2) is 6.75. The monoisotopic (exact) mass is 347 g/mol. The van der Waals surface area contributed by atoms with E-state index >= 15 is 0 Å². The number of methoxy groups -OCH3 is 1. The van der Waals surface area contributed by atoms with Crippen LogP contribution in [0.15, 0.2) is 53.6 Å². The summed E-state index contributed by atoms with van der Waals surface area (Å²) in [6.07, 6.45) is 6.02. The van der Waals surface area contributed by atoms with Gasteiger partial charge in [0, 0.05) is 11.8 Å². The minimum Gasteiger partial charge on any atom is -0.496 e. The fourth-order valence-electron chi connectivity index (χ4n) is 3.67. The van der Waals surface area contributed by atoms with Gasteiger partial charge in [0.25, 0.3) is 5.56 Å². The van der Waals surface area contributed by atoms with E-state index in [-0.39, 0.29) is 5.56 Å². The third kappa shape index (κ3) is 2.90. The Morgan fingerprint density at radius 1 is 1.23 bits per heavy atom. The van der Waals surface area contributed by atoms with Crippen LogP contribution >= 0.6 is 0 Å². The zero-order valence-corrected chi connectivity index (χ0v) is 15.0. The SMILES string of the molecule is COc1cc(C2CCc3c(cnn(-c4ccccn4)c3=O)C2)ccc1C. The molecule has 0 bridgehead atoms. The van der Waals surface area contributed by atoms with Crippen LogP contribution in [0.4, 0.5) is 0 Å². The Morgan fingerprint density at radius 2 is 2.12 bits per heavy atom. The van der Waals surface area contributed by atoms with Gasteiger partial charge in [0.2, 0.25) is 0 Å². The molecular weight excluding hydrogens is 326 g/mol. The van der Waals surface area contributed by atoms with Gasteiger partial charge in [-0.15, -0.1) is 0 Å². The van der Waals surface area contributed by atoms with E-state index in [2.05, 4.69) is 28.3 Å². The van der Waals surface area contributed by atoms with E-state index in [1.54, 1.807) is 19.4 Å². The predicted octanol–water partition coefficient (Wildman–Crippen LogP) is 3.22. The Balaban J connectivity index is 1.66. The zero-order valence-electron chi connectivity index (χ0n) is 15.0. The lowest BCUT2D eigenvalue weighted by Crippen LogP contribution is -2.30. The summed E-state index contributed by atoms with van der Waals surface area (Å²) in [6, 6.07) is 11.9. The van der Waals surface area contributed by atoms with Crippen molar-refractivity contribution in [1.82, 2.24) is 14.8 Å². The lowest BCUT2D eigenvalue weighted by Gasteiger charge is -2.25. The summed E-state index contributed by atoms with van der Waals surface area (Å²) in [5.41, 5.74) is 4.24. The maximum atomic E-state index is 12.8. The van der Waals surface area contributed by atoms with E-state index < -0.39 is 0 Å². The van der Waals surface area contributed by atoms with Crippen molar-refractivity contribution in [2.24, 2.45) is 0 Å². The first-order valence-electron chi connectivity index (χ1n) is 8.83. The number of aryl methyl sites for hydroxylation is 1. The summed E-state index contributed by atoms with van der Waals surface area (Å²) >= 11 is 0. The number of fused-ring (bicyclic) bond motifs is 1. The summed E-state index contributed by atoms with van der Waals surface area (Å²) in [5, 5.41) is 4.35. The summed E-state index contributed by atoms with van der Waals surface area (Å²) in [6.45, 7) is 2.04. The topological polar surface area (TPSA) is 57.0 Å². The van der Waals surface area contributed by atoms with Crippen molar-refractivity contribution in [1.29, 1.82) is 0 Å². The number of aromatic nitrogens is 3. The molecule has 2 aromatic heterocycles. The van der Waals surface area contributed by atoms with Gasteiger partial charge in [-0.25, -0.2) is 4.98 Å². The van der Waals surface area contributed by atoms with Gasteiger partial charge >= 0.3 is 0 Å². The van der Waals surface area contributed by atoms with Crippen LogP contribution in [0, 0.1) is 6.92 Å². The number of ether oxygens (including phenoxy) is 1. The normalized spacial score (nSPS) is 16.2. The third-order valence-electron chi connectivity index (χ3n) is 5.15. The molecule has 1 atom stereocenters. The molecule has 132 valence electrons. The highest BCUT2D eigenvalue weighted by Gasteiger charge is 2.24. The minimum atomic E-state index is -0.0545. The molecule has 1 unspecified atom stereocenters. The van der Waals surface area contributed by atoms with Crippen LogP contribution in [-0.2, 0) is 12.8 Å². The first-order valence-corrected chi connectivity index (χ1v) is 8.83. The number of pyridine rings is 1. The summed E-state index contributed by atoms with van der Waals surface area (Å²) in [5.74, 6) is 1.85. The Labute approximate surface area is 152 Å². The molecule has 0 saturated heterocycles. The van der Waals surface area contributed by atoms with Gasteiger partial charge in [0.1, 0.15) is 5.75 Å². The van der Waals surface area contributed by atoms with E-state index in [4.69, 9.17) is 4.74 Å². The maximum absolute atomic E-state index is 12.8. The van der Waals surface area contributed by atoms with Gasteiger partial charge < -0.3 is 4.74 Å². The first-order chi connectivity index (χ1) is 12.7. The van der Waals surface area contributed by atoms with E-state index in [9.17, 15) is 4.79 Å². The van der Waals surface area contributed by atoms with Crippen molar-refractivity contribution in [3.63, 3.8) is 0 Å². The van der Waals surface area contributed by atoms with Crippen molar-refractivity contribution in [3.05, 3.63) is 81.4 Å². The van der Waals surface area contributed by atoms with Crippen LogP contribution in [0.25, 0.3) is 5.82 Å². The van der Waals surface area contributed by atoms with Crippen LogP contribution in [0.5, 0.6) is 5.75 Å². The maximum Gasteiger partial charge on any atom is 0.276 e. The molecular formula is C21H21N3O2. The molecule has 3 aromatic rings. The quantitative estimate of drug-likeness (QED) is 0.730. The lowest BCUT2D eigenvalue weighted by atomic mass is 9.81. The molecule has 0 saturated carbocycles. The summed E-state index contributed by atoms with van der Waals surface area (Å²) in [7, 11) is 1.70. The molecule has 0 aliphatic heterocycles. The second-order valence-electron chi connectivity index (χ2n) is 6.72. The molecule has 1 aliphatic rings. The van der Waals surface area contributed by atoms with Gasteiger partial charge in [-0.3, -0.25) is 4.79 Å². The number of benzene rings is 1. The van der Waals surface area contributed by atoms with Crippen molar-refractivity contribution in [2.45, 2.75) is 32.1 Å². The Kier molecular flexibility index (Phi) is 4.29. The van der Waals surface area contributed by atoms with Crippen molar-refractivity contribution >= 4 is 0 Å². The molecule has 0 amide bonds. The van der Waals surface area contributed by atoms with Crippen LogP contribution in [-0.4, -0.2) is 21.9 Å². The first kappa shape index (κ1) is 16.5. The van der Waals surface area contributed by atoms with Gasteiger partial charge in [0.15, 0.2) is 5.82 Å². The minimum absolute atomic E-state index is 0.0545. The fourth-order valence-corrected chi connectivity index (χ4v) is 3.67. The molecule has 0 radical (unpaired) electrons. The van der Waals surface area contributed by atoms with Crippen LogP contribution < -0.4 is 10.3 Å². The number of rotatable bonds is 3.